The first-order chi connectivity index (χ1) is 12.8. The summed E-state index contributed by atoms with van der Waals surface area (Å²) < 4.78 is 2.17. The number of benzene rings is 2. The second kappa shape index (κ2) is 9.64. The van der Waals surface area contributed by atoms with Crippen LogP contribution in [0.5, 0.6) is 0 Å². The molecule has 5 heteroatoms. The van der Waals surface area contributed by atoms with Crippen LogP contribution in [0, 0.1) is 6.92 Å². The molecule has 1 aromatic heterocycles. The number of hydrogen-bond donors (Lipinski definition) is 0. The second-order valence-electron chi connectivity index (χ2n) is 5.98. The minimum Gasteiger partial charge on any atom is -0.301 e. The fourth-order valence-corrected chi connectivity index (χ4v) is 4.32. The molecule has 26 heavy (non-hydrogen) atoms. The van der Waals surface area contributed by atoms with Gasteiger partial charge in [0.2, 0.25) is 0 Å². The molecule has 0 radical (unpaired) electrons. The Morgan fingerprint density at radius 3 is 2.50 bits per heavy atom. The lowest BCUT2D eigenvalue weighted by Crippen LogP contribution is -2.03. The van der Waals surface area contributed by atoms with Crippen LogP contribution >= 0.6 is 23.5 Å². The number of aromatic nitrogens is 3. The minimum absolute atomic E-state index is 0.741. The van der Waals surface area contributed by atoms with Crippen molar-refractivity contribution >= 4 is 23.5 Å². The Morgan fingerprint density at radius 1 is 1.00 bits per heavy atom. The van der Waals surface area contributed by atoms with Crippen LogP contribution in [0.1, 0.15) is 17.0 Å². The largest absolute Gasteiger partial charge is 0.301 e. The molecule has 0 amide bonds. The van der Waals surface area contributed by atoms with Crippen molar-refractivity contribution < 1.29 is 0 Å². The summed E-state index contributed by atoms with van der Waals surface area (Å²) in [7, 11) is 0. The van der Waals surface area contributed by atoms with Gasteiger partial charge in [0.15, 0.2) is 5.16 Å². The predicted octanol–water partition coefficient (Wildman–Crippen LogP) is 5.40. The van der Waals surface area contributed by atoms with Crippen LogP contribution in [0.25, 0.3) is 0 Å². The Morgan fingerprint density at radius 2 is 1.77 bits per heavy atom. The Balaban J connectivity index is 1.61. The summed E-state index contributed by atoms with van der Waals surface area (Å²) >= 11 is 3.55. The zero-order chi connectivity index (χ0) is 18.2. The molecule has 0 saturated heterocycles. The van der Waals surface area contributed by atoms with E-state index in [1.54, 1.807) is 23.5 Å². The molecule has 0 aliphatic carbocycles. The molecule has 134 valence electrons. The summed E-state index contributed by atoms with van der Waals surface area (Å²) in [5.74, 6) is 2.80. The highest BCUT2D eigenvalue weighted by Crippen LogP contribution is 2.25. The summed E-state index contributed by atoms with van der Waals surface area (Å²) in [5.41, 5.74) is 2.63. The van der Waals surface area contributed by atoms with Gasteiger partial charge in [0, 0.05) is 17.2 Å². The predicted molar refractivity (Wildman–Crippen MR) is 112 cm³/mol. The summed E-state index contributed by atoms with van der Waals surface area (Å²) in [4.78, 5) is 1.25. The fourth-order valence-electron chi connectivity index (χ4n) is 2.53. The van der Waals surface area contributed by atoms with Crippen LogP contribution in [-0.4, -0.2) is 20.5 Å². The molecule has 3 aromatic rings. The van der Waals surface area contributed by atoms with E-state index in [-0.39, 0.29) is 0 Å². The lowest BCUT2D eigenvalue weighted by molar-refractivity contribution is 0.700. The van der Waals surface area contributed by atoms with E-state index in [4.69, 9.17) is 0 Å². The average Bonchev–Trinajstić information content (AvgIpc) is 3.04. The number of thioether (sulfide) groups is 2. The molecule has 0 N–H and O–H groups in total. The van der Waals surface area contributed by atoms with Crippen LogP contribution in [-0.2, 0) is 18.7 Å². The van der Waals surface area contributed by atoms with E-state index >= 15 is 0 Å². The van der Waals surface area contributed by atoms with E-state index in [2.05, 4.69) is 82.9 Å². The summed E-state index contributed by atoms with van der Waals surface area (Å²) in [6.45, 7) is 6.73. The third-order valence-electron chi connectivity index (χ3n) is 3.96. The molecule has 0 aliphatic rings. The highest BCUT2D eigenvalue weighted by atomic mass is 32.2. The fraction of sp³-hybridized carbons (Fsp3) is 0.238. The number of hydrogen-bond acceptors (Lipinski definition) is 4. The van der Waals surface area contributed by atoms with E-state index in [0.717, 1.165) is 35.5 Å². The van der Waals surface area contributed by atoms with Crippen molar-refractivity contribution in [3.63, 3.8) is 0 Å². The highest BCUT2D eigenvalue weighted by molar-refractivity contribution is 7.99. The van der Waals surface area contributed by atoms with Crippen molar-refractivity contribution in [2.75, 3.05) is 5.75 Å². The molecular weight excluding hydrogens is 358 g/mol. The average molecular weight is 382 g/mol. The zero-order valence-corrected chi connectivity index (χ0v) is 16.6. The van der Waals surface area contributed by atoms with Gasteiger partial charge in [0.05, 0.1) is 5.75 Å². The number of allylic oxidation sites excluding steroid dienone is 1. The van der Waals surface area contributed by atoms with Crippen LogP contribution in [0.15, 0.2) is 77.3 Å². The lowest BCUT2D eigenvalue weighted by Gasteiger charge is -2.08. The highest BCUT2D eigenvalue weighted by Gasteiger charge is 2.12. The topological polar surface area (TPSA) is 30.7 Å². The van der Waals surface area contributed by atoms with E-state index in [9.17, 15) is 0 Å². The Labute approximate surface area is 163 Å². The first kappa shape index (κ1) is 18.8. The maximum atomic E-state index is 4.42. The van der Waals surface area contributed by atoms with Crippen molar-refractivity contribution in [1.29, 1.82) is 0 Å². The van der Waals surface area contributed by atoms with Gasteiger partial charge in [0.25, 0.3) is 0 Å². The van der Waals surface area contributed by atoms with Crippen molar-refractivity contribution in [3.05, 3.63) is 84.2 Å². The molecule has 2 aromatic carbocycles. The lowest BCUT2D eigenvalue weighted by atomic mass is 10.2. The molecule has 0 atom stereocenters. The molecule has 0 saturated carbocycles. The molecule has 0 bridgehead atoms. The molecular formula is C21H23N3S2. The van der Waals surface area contributed by atoms with Gasteiger partial charge < -0.3 is 4.57 Å². The maximum Gasteiger partial charge on any atom is 0.191 e. The molecule has 3 nitrogen and oxygen atoms in total. The molecule has 0 fully saturated rings. The Kier molecular flexibility index (Phi) is 6.97. The van der Waals surface area contributed by atoms with Gasteiger partial charge in [-0.1, -0.05) is 65.9 Å². The third kappa shape index (κ3) is 5.26. The van der Waals surface area contributed by atoms with Crippen LogP contribution in [0.3, 0.4) is 0 Å². The SMILES string of the molecule is C=CCn1c(CSc2ccc(C)cc2)nnc1SCCc1ccccc1. The van der Waals surface area contributed by atoms with Gasteiger partial charge in [-0.2, -0.15) is 0 Å². The van der Waals surface area contributed by atoms with E-state index in [1.165, 1.54) is 16.0 Å². The van der Waals surface area contributed by atoms with Gasteiger partial charge in [-0.25, -0.2) is 0 Å². The molecule has 0 unspecified atom stereocenters. The smallest absolute Gasteiger partial charge is 0.191 e. The van der Waals surface area contributed by atoms with Gasteiger partial charge in [-0.3, -0.25) is 0 Å². The normalized spacial score (nSPS) is 10.8. The van der Waals surface area contributed by atoms with Gasteiger partial charge >= 0.3 is 0 Å². The summed E-state index contributed by atoms with van der Waals surface area (Å²) in [6.07, 6.45) is 2.94. The van der Waals surface area contributed by atoms with Crippen molar-refractivity contribution in [1.82, 2.24) is 14.8 Å². The van der Waals surface area contributed by atoms with Crippen molar-refractivity contribution in [2.24, 2.45) is 0 Å². The molecule has 3 rings (SSSR count). The van der Waals surface area contributed by atoms with Crippen molar-refractivity contribution in [3.8, 4) is 0 Å². The first-order valence-corrected chi connectivity index (χ1v) is 10.6. The standard InChI is InChI=1S/C21H23N3S2/c1-3-14-24-20(16-26-19-11-9-17(2)10-12-19)22-23-21(24)25-15-13-18-7-5-4-6-8-18/h3-12H,1,13-16H2,2H3. The van der Waals surface area contributed by atoms with Crippen molar-refractivity contribution in [2.45, 2.75) is 35.7 Å². The monoisotopic (exact) mass is 381 g/mol. The molecule has 1 heterocycles. The number of rotatable bonds is 9. The van der Waals surface area contributed by atoms with Crippen LogP contribution in [0.2, 0.25) is 0 Å². The van der Waals surface area contributed by atoms with Gasteiger partial charge in [0.1, 0.15) is 5.82 Å². The number of nitrogens with zero attached hydrogens (tertiary/aromatic N) is 3. The molecule has 0 spiro atoms. The van der Waals surface area contributed by atoms with E-state index in [0.29, 0.717) is 0 Å². The first-order valence-electron chi connectivity index (χ1n) is 8.65. The zero-order valence-electron chi connectivity index (χ0n) is 15.0. The Hall–Kier alpha value is -1.98. The van der Waals surface area contributed by atoms with Crippen LogP contribution in [0.4, 0.5) is 0 Å². The van der Waals surface area contributed by atoms with Gasteiger partial charge in [-0.05, 0) is 31.0 Å². The third-order valence-corrected chi connectivity index (χ3v) is 5.94. The van der Waals surface area contributed by atoms with Gasteiger partial charge in [-0.15, -0.1) is 28.5 Å². The minimum atomic E-state index is 0.741. The van der Waals surface area contributed by atoms with Crippen LogP contribution < -0.4 is 0 Å². The van der Waals surface area contributed by atoms with E-state index < -0.39 is 0 Å². The number of aryl methyl sites for hydroxylation is 2. The molecule has 0 aliphatic heterocycles. The summed E-state index contributed by atoms with van der Waals surface area (Å²) in [5, 5.41) is 9.80. The Bertz CT molecular complexity index is 826. The van der Waals surface area contributed by atoms with E-state index in [1.807, 2.05) is 6.08 Å². The summed E-state index contributed by atoms with van der Waals surface area (Å²) in [6, 6.07) is 19.1. The second-order valence-corrected chi connectivity index (χ2v) is 8.09. The quantitative estimate of drug-likeness (QED) is 0.367. The maximum absolute atomic E-state index is 4.42.